The van der Waals surface area contributed by atoms with Crippen LogP contribution in [-0.2, 0) is 17.8 Å². The van der Waals surface area contributed by atoms with Gasteiger partial charge in [0.25, 0.3) is 0 Å². The molecule has 0 fully saturated rings. The number of nitrogens with zero attached hydrogens (tertiary/aromatic N) is 1. The molecule has 1 heterocycles. The molecule has 0 atom stereocenters. The molecule has 19 heavy (non-hydrogen) atoms. The lowest BCUT2D eigenvalue weighted by Crippen LogP contribution is -2.20. The maximum atomic E-state index is 5.05. The third-order valence-electron chi connectivity index (χ3n) is 3.24. The molecule has 2 rings (SSSR count). The van der Waals surface area contributed by atoms with Gasteiger partial charge in [-0.1, -0.05) is 24.3 Å². The molecule has 102 valence electrons. The van der Waals surface area contributed by atoms with Gasteiger partial charge in [0, 0.05) is 38.0 Å². The van der Waals surface area contributed by atoms with Gasteiger partial charge in [0.05, 0.1) is 6.61 Å². The topological polar surface area (TPSA) is 26.2 Å². The number of methoxy groups -OCH3 is 1. The van der Waals surface area contributed by atoms with Gasteiger partial charge >= 0.3 is 0 Å². The molecule has 1 aromatic heterocycles. The highest BCUT2D eigenvalue weighted by atomic mass is 16.5. The second-order valence-corrected chi connectivity index (χ2v) is 4.59. The van der Waals surface area contributed by atoms with Crippen LogP contribution in [0.5, 0.6) is 0 Å². The van der Waals surface area contributed by atoms with Crippen molar-refractivity contribution in [2.24, 2.45) is 0 Å². The van der Waals surface area contributed by atoms with Crippen LogP contribution in [0.3, 0.4) is 0 Å². The highest BCUT2D eigenvalue weighted by Gasteiger charge is 2.07. The van der Waals surface area contributed by atoms with E-state index in [-0.39, 0.29) is 0 Å². The number of hydrogen-bond acceptors (Lipinski definition) is 2. The first-order valence-corrected chi connectivity index (χ1v) is 6.74. The molecular formula is C16H22N2O. The molecule has 1 N–H and O–H groups in total. The summed E-state index contributed by atoms with van der Waals surface area (Å²) in [6.07, 6.45) is 2.96. The Morgan fingerprint density at radius 3 is 3.00 bits per heavy atom. The minimum absolute atomic E-state index is 0.743. The number of ether oxygens (including phenoxy) is 1. The first-order valence-electron chi connectivity index (χ1n) is 6.74. The number of para-hydroxylation sites is 1. The van der Waals surface area contributed by atoms with Crippen LogP contribution in [0.25, 0.3) is 10.9 Å². The molecule has 0 saturated carbocycles. The molecule has 0 aliphatic carbocycles. The monoisotopic (exact) mass is 258 g/mol. The van der Waals surface area contributed by atoms with Gasteiger partial charge in [-0.3, -0.25) is 0 Å². The molecule has 0 bridgehead atoms. The Bertz CT molecular complexity index is 531. The molecule has 0 saturated heterocycles. The van der Waals surface area contributed by atoms with Crippen LogP contribution in [0.15, 0.2) is 43.0 Å². The summed E-state index contributed by atoms with van der Waals surface area (Å²) in [5.74, 6) is 0. The van der Waals surface area contributed by atoms with Crippen molar-refractivity contribution in [2.75, 3.05) is 20.3 Å². The summed E-state index contributed by atoms with van der Waals surface area (Å²) in [7, 11) is 1.72. The van der Waals surface area contributed by atoms with Crippen LogP contribution in [0.1, 0.15) is 12.1 Å². The molecule has 0 unspecified atom stereocenters. The van der Waals surface area contributed by atoms with Crippen molar-refractivity contribution in [3.8, 4) is 0 Å². The number of fused-ring (bicyclic) bond motifs is 1. The summed E-state index contributed by atoms with van der Waals surface area (Å²) < 4.78 is 7.42. The zero-order valence-corrected chi connectivity index (χ0v) is 11.6. The lowest BCUT2D eigenvalue weighted by Gasteiger charge is -2.10. The smallest absolute Gasteiger partial charge is 0.0587 e. The summed E-state index contributed by atoms with van der Waals surface area (Å²) in [6.45, 7) is 7.28. The zero-order chi connectivity index (χ0) is 13.5. The summed E-state index contributed by atoms with van der Waals surface area (Å²) in [4.78, 5) is 0. The van der Waals surface area contributed by atoms with Crippen LogP contribution >= 0.6 is 0 Å². The van der Waals surface area contributed by atoms with E-state index in [2.05, 4.69) is 46.8 Å². The van der Waals surface area contributed by atoms with Crippen molar-refractivity contribution in [3.63, 3.8) is 0 Å². The second-order valence-electron chi connectivity index (χ2n) is 4.59. The molecule has 0 aliphatic heterocycles. The van der Waals surface area contributed by atoms with E-state index >= 15 is 0 Å². The lowest BCUT2D eigenvalue weighted by atomic mass is 10.2. The van der Waals surface area contributed by atoms with E-state index in [1.165, 1.54) is 16.6 Å². The number of aromatic nitrogens is 1. The molecule has 2 aromatic rings. The highest BCUT2D eigenvalue weighted by Crippen LogP contribution is 2.20. The summed E-state index contributed by atoms with van der Waals surface area (Å²) >= 11 is 0. The predicted molar refractivity (Wildman–Crippen MR) is 80.3 cm³/mol. The van der Waals surface area contributed by atoms with E-state index < -0.39 is 0 Å². The summed E-state index contributed by atoms with van der Waals surface area (Å²) in [6, 6.07) is 10.8. The number of benzene rings is 1. The first-order chi connectivity index (χ1) is 9.36. The van der Waals surface area contributed by atoms with Gasteiger partial charge in [-0.05, 0) is 23.9 Å². The lowest BCUT2D eigenvalue weighted by molar-refractivity contribution is 0.199. The Kier molecular flexibility index (Phi) is 5.19. The number of nitrogens with one attached hydrogen (secondary N) is 1. The van der Waals surface area contributed by atoms with Crippen molar-refractivity contribution in [3.05, 3.63) is 48.7 Å². The maximum absolute atomic E-state index is 5.05. The minimum atomic E-state index is 0.743. The Morgan fingerprint density at radius 2 is 2.21 bits per heavy atom. The number of hydrogen-bond donors (Lipinski definition) is 1. The van der Waals surface area contributed by atoms with E-state index in [1.54, 1.807) is 7.11 Å². The van der Waals surface area contributed by atoms with Crippen molar-refractivity contribution in [2.45, 2.75) is 19.5 Å². The fraction of sp³-hybridized carbons (Fsp3) is 0.375. The van der Waals surface area contributed by atoms with Crippen LogP contribution in [0.4, 0.5) is 0 Å². The fourth-order valence-electron chi connectivity index (χ4n) is 2.29. The number of rotatable bonds is 8. The minimum Gasteiger partial charge on any atom is -0.383 e. The van der Waals surface area contributed by atoms with E-state index in [1.807, 2.05) is 6.08 Å². The molecular weight excluding hydrogens is 236 g/mol. The average molecular weight is 258 g/mol. The first kappa shape index (κ1) is 13.8. The number of allylic oxidation sites excluding steroid dienone is 1. The standard InChI is InChI=1S/C16H22N2O/c1-3-4-10-18-15(13-17-9-11-19-2)12-14-7-5-6-8-16(14)18/h3,5-8,12,17H,1,4,9-11,13H2,2H3. The van der Waals surface area contributed by atoms with E-state index in [9.17, 15) is 0 Å². The van der Waals surface area contributed by atoms with E-state index in [0.717, 1.165) is 32.7 Å². The zero-order valence-electron chi connectivity index (χ0n) is 11.6. The normalized spacial score (nSPS) is 11.0. The third kappa shape index (κ3) is 3.46. The summed E-state index contributed by atoms with van der Waals surface area (Å²) in [5, 5.41) is 4.71. The maximum Gasteiger partial charge on any atom is 0.0587 e. The SMILES string of the molecule is C=CCCn1c(CNCCOC)cc2ccccc21. The van der Waals surface area contributed by atoms with Crippen LogP contribution < -0.4 is 5.32 Å². The third-order valence-corrected chi connectivity index (χ3v) is 3.24. The number of aryl methyl sites for hydroxylation is 1. The second kappa shape index (κ2) is 7.12. The van der Waals surface area contributed by atoms with Gasteiger partial charge in [0.1, 0.15) is 0 Å². The van der Waals surface area contributed by atoms with E-state index in [0.29, 0.717) is 0 Å². The van der Waals surface area contributed by atoms with Gasteiger partial charge in [0.15, 0.2) is 0 Å². The van der Waals surface area contributed by atoms with Crippen LogP contribution in [0.2, 0.25) is 0 Å². The van der Waals surface area contributed by atoms with Crippen molar-refractivity contribution >= 4 is 10.9 Å². The molecule has 3 nitrogen and oxygen atoms in total. The van der Waals surface area contributed by atoms with Crippen LogP contribution in [-0.4, -0.2) is 24.8 Å². The van der Waals surface area contributed by atoms with Gasteiger partial charge in [-0.15, -0.1) is 6.58 Å². The largest absolute Gasteiger partial charge is 0.383 e. The van der Waals surface area contributed by atoms with Crippen molar-refractivity contribution in [1.29, 1.82) is 0 Å². The Hall–Kier alpha value is -1.58. The van der Waals surface area contributed by atoms with Crippen LogP contribution in [0, 0.1) is 0 Å². The van der Waals surface area contributed by atoms with Gasteiger partial charge in [0.2, 0.25) is 0 Å². The molecule has 0 amide bonds. The quantitative estimate of drug-likeness (QED) is 0.582. The molecule has 1 aromatic carbocycles. The highest BCUT2D eigenvalue weighted by molar-refractivity contribution is 5.81. The molecule has 0 spiro atoms. The Labute approximate surface area is 114 Å². The summed E-state index contributed by atoms with van der Waals surface area (Å²) in [5.41, 5.74) is 2.62. The molecule has 3 heteroatoms. The average Bonchev–Trinajstić information content (AvgIpc) is 2.79. The van der Waals surface area contributed by atoms with E-state index in [4.69, 9.17) is 4.74 Å². The van der Waals surface area contributed by atoms with Gasteiger partial charge < -0.3 is 14.6 Å². The Morgan fingerprint density at radius 1 is 1.37 bits per heavy atom. The van der Waals surface area contributed by atoms with Gasteiger partial charge in [-0.25, -0.2) is 0 Å². The van der Waals surface area contributed by atoms with Crippen molar-refractivity contribution < 1.29 is 4.74 Å². The molecule has 0 radical (unpaired) electrons. The Balaban J connectivity index is 2.17. The molecule has 0 aliphatic rings. The fourth-order valence-corrected chi connectivity index (χ4v) is 2.29. The van der Waals surface area contributed by atoms with Gasteiger partial charge in [-0.2, -0.15) is 0 Å². The predicted octanol–water partition coefficient (Wildman–Crippen LogP) is 2.95. The van der Waals surface area contributed by atoms with Crippen molar-refractivity contribution in [1.82, 2.24) is 9.88 Å².